The van der Waals surface area contributed by atoms with E-state index in [0.717, 1.165) is 24.1 Å². The van der Waals surface area contributed by atoms with E-state index in [1.807, 2.05) is 24.3 Å². The highest BCUT2D eigenvalue weighted by molar-refractivity contribution is 5.79. The number of carbonyl (C=O) groups is 1. The molecule has 1 amide bonds. The molecule has 0 bridgehead atoms. The van der Waals surface area contributed by atoms with Crippen molar-refractivity contribution in [2.75, 3.05) is 5.73 Å². The summed E-state index contributed by atoms with van der Waals surface area (Å²) in [7, 11) is 0. The third-order valence-electron chi connectivity index (χ3n) is 3.06. The van der Waals surface area contributed by atoms with Crippen molar-refractivity contribution in [3.05, 3.63) is 29.8 Å². The summed E-state index contributed by atoms with van der Waals surface area (Å²) in [6.07, 6.45) is 5.21. The van der Waals surface area contributed by atoms with Crippen LogP contribution in [0.3, 0.4) is 0 Å². The molecule has 0 saturated heterocycles. The van der Waals surface area contributed by atoms with Crippen LogP contribution >= 0.6 is 0 Å². The summed E-state index contributed by atoms with van der Waals surface area (Å²) in [6, 6.07) is 7.88. The smallest absolute Gasteiger partial charge is 0.224 e. The molecule has 1 saturated carbocycles. The zero-order valence-electron chi connectivity index (χ0n) is 9.41. The molecule has 0 spiro atoms. The SMILES string of the molecule is Nc1ccc(CC(=O)NC2CCCC2)cc1. The van der Waals surface area contributed by atoms with Gasteiger partial charge in [-0.1, -0.05) is 25.0 Å². The summed E-state index contributed by atoms with van der Waals surface area (Å²) in [5.74, 6) is 0.122. The van der Waals surface area contributed by atoms with Crippen LogP contribution in [0.25, 0.3) is 0 Å². The van der Waals surface area contributed by atoms with E-state index in [9.17, 15) is 4.79 Å². The molecular formula is C13H18N2O. The average molecular weight is 218 g/mol. The van der Waals surface area contributed by atoms with Gasteiger partial charge in [0.25, 0.3) is 0 Å². The fourth-order valence-electron chi connectivity index (χ4n) is 2.17. The van der Waals surface area contributed by atoms with Crippen LogP contribution in [0.15, 0.2) is 24.3 Å². The molecule has 1 aliphatic rings. The van der Waals surface area contributed by atoms with Crippen molar-refractivity contribution in [1.82, 2.24) is 5.32 Å². The summed E-state index contributed by atoms with van der Waals surface area (Å²) in [6.45, 7) is 0. The number of anilines is 1. The van der Waals surface area contributed by atoms with Crippen LogP contribution in [-0.4, -0.2) is 11.9 Å². The molecule has 0 unspecified atom stereocenters. The first-order valence-corrected chi connectivity index (χ1v) is 5.88. The van der Waals surface area contributed by atoms with Gasteiger partial charge >= 0.3 is 0 Å². The van der Waals surface area contributed by atoms with Crippen molar-refractivity contribution >= 4 is 11.6 Å². The predicted molar refractivity (Wildman–Crippen MR) is 65.0 cm³/mol. The minimum absolute atomic E-state index is 0.122. The zero-order valence-corrected chi connectivity index (χ0v) is 9.41. The van der Waals surface area contributed by atoms with Gasteiger partial charge in [0.15, 0.2) is 0 Å². The summed E-state index contributed by atoms with van der Waals surface area (Å²) in [4.78, 5) is 11.7. The van der Waals surface area contributed by atoms with Crippen molar-refractivity contribution in [2.24, 2.45) is 0 Å². The summed E-state index contributed by atoms with van der Waals surface area (Å²) in [5.41, 5.74) is 7.34. The number of benzene rings is 1. The Morgan fingerprint density at radius 2 is 1.88 bits per heavy atom. The maximum Gasteiger partial charge on any atom is 0.224 e. The second kappa shape index (κ2) is 5.01. The van der Waals surface area contributed by atoms with Crippen molar-refractivity contribution in [3.8, 4) is 0 Å². The first-order valence-electron chi connectivity index (χ1n) is 5.88. The van der Waals surface area contributed by atoms with Gasteiger partial charge < -0.3 is 11.1 Å². The third kappa shape index (κ3) is 2.99. The summed E-state index contributed by atoms with van der Waals surface area (Å²) in [5, 5.41) is 3.07. The van der Waals surface area contributed by atoms with E-state index in [1.54, 1.807) is 0 Å². The van der Waals surface area contributed by atoms with Crippen LogP contribution < -0.4 is 11.1 Å². The Labute approximate surface area is 96.0 Å². The lowest BCUT2D eigenvalue weighted by Gasteiger charge is -2.11. The monoisotopic (exact) mass is 218 g/mol. The molecule has 0 aromatic heterocycles. The van der Waals surface area contributed by atoms with Gasteiger partial charge in [-0.2, -0.15) is 0 Å². The summed E-state index contributed by atoms with van der Waals surface area (Å²) >= 11 is 0. The number of nitrogens with two attached hydrogens (primary N) is 1. The molecule has 2 rings (SSSR count). The Bertz CT molecular complexity index is 353. The van der Waals surface area contributed by atoms with Gasteiger partial charge in [0.1, 0.15) is 0 Å². The van der Waals surface area contributed by atoms with E-state index in [0.29, 0.717) is 12.5 Å². The molecular weight excluding hydrogens is 200 g/mol. The first kappa shape index (κ1) is 11.0. The summed E-state index contributed by atoms with van der Waals surface area (Å²) < 4.78 is 0. The Balaban J connectivity index is 1.84. The number of nitrogens with one attached hydrogen (secondary N) is 1. The minimum atomic E-state index is 0.122. The number of carbonyl (C=O) groups excluding carboxylic acids is 1. The van der Waals surface area contributed by atoms with Gasteiger partial charge in [0, 0.05) is 11.7 Å². The maximum atomic E-state index is 11.7. The molecule has 0 aliphatic heterocycles. The van der Waals surface area contributed by atoms with E-state index in [1.165, 1.54) is 12.8 Å². The van der Waals surface area contributed by atoms with Crippen LogP contribution in [0, 0.1) is 0 Å². The molecule has 1 aromatic rings. The Morgan fingerprint density at radius 3 is 2.50 bits per heavy atom. The lowest BCUT2D eigenvalue weighted by Crippen LogP contribution is -2.33. The van der Waals surface area contributed by atoms with E-state index in [4.69, 9.17) is 5.73 Å². The molecule has 3 N–H and O–H groups in total. The fourth-order valence-corrected chi connectivity index (χ4v) is 2.17. The van der Waals surface area contributed by atoms with Gasteiger partial charge in [0.2, 0.25) is 5.91 Å². The van der Waals surface area contributed by atoms with E-state index < -0.39 is 0 Å². The highest BCUT2D eigenvalue weighted by Crippen LogP contribution is 2.17. The van der Waals surface area contributed by atoms with Crippen molar-refractivity contribution in [3.63, 3.8) is 0 Å². The standard InChI is InChI=1S/C13H18N2O/c14-11-7-5-10(6-8-11)9-13(16)15-12-3-1-2-4-12/h5-8,12H,1-4,9,14H2,(H,15,16). The van der Waals surface area contributed by atoms with Crippen molar-refractivity contribution < 1.29 is 4.79 Å². The fraction of sp³-hybridized carbons (Fsp3) is 0.462. The highest BCUT2D eigenvalue weighted by Gasteiger charge is 2.16. The normalized spacial score (nSPS) is 16.2. The van der Waals surface area contributed by atoms with Gasteiger partial charge in [-0.05, 0) is 30.5 Å². The molecule has 1 aromatic carbocycles. The topological polar surface area (TPSA) is 55.1 Å². The van der Waals surface area contributed by atoms with Crippen molar-refractivity contribution in [1.29, 1.82) is 0 Å². The lowest BCUT2D eigenvalue weighted by atomic mass is 10.1. The molecule has 0 heterocycles. The molecule has 86 valence electrons. The third-order valence-corrected chi connectivity index (χ3v) is 3.06. The van der Waals surface area contributed by atoms with E-state index in [-0.39, 0.29) is 5.91 Å². The quantitative estimate of drug-likeness (QED) is 0.761. The largest absolute Gasteiger partial charge is 0.399 e. The minimum Gasteiger partial charge on any atom is -0.399 e. The number of rotatable bonds is 3. The predicted octanol–water partition coefficient (Wildman–Crippen LogP) is 1.87. The second-order valence-electron chi connectivity index (χ2n) is 4.47. The molecule has 0 atom stereocenters. The maximum absolute atomic E-state index is 11.7. The van der Waals surface area contributed by atoms with Crippen LogP contribution in [0.1, 0.15) is 31.2 Å². The molecule has 1 fully saturated rings. The van der Waals surface area contributed by atoms with Gasteiger partial charge in [-0.3, -0.25) is 4.79 Å². The Hall–Kier alpha value is -1.51. The van der Waals surface area contributed by atoms with Crippen molar-refractivity contribution in [2.45, 2.75) is 38.1 Å². The number of amides is 1. The number of hydrogen-bond acceptors (Lipinski definition) is 2. The molecule has 0 radical (unpaired) electrons. The number of nitrogen functional groups attached to an aromatic ring is 1. The first-order chi connectivity index (χ1) is 7.74. The van der Waals surface area contributed by atoms with Crippen LogP contribution in [0.2, 0.25) is 0 Å². The Morgan fingerprint density at radius 1 is 1.25 bits per heavy atom. The molecule has 16 heavy (non-hydrogen) atoms. The molecule has 3 nitrogen and oxygen atoms in total. The van der Waals surface area contributed by atoms with Gasteiger partial charge in [-0.25, -0.2) is 0 Å². The van der Waals surface area contributed by atoms with Crippen LogP contribution in [-0.2, 0) is 11.2 Å². The molecule has 1 aliphatic carbocycles. The average Bonchev–Trinajstić information content (AvgIpc) is 2.74. The second-order valence-corrected chi connectivity index (χ2v) is 4.47. The Kier molecular flexibility index (Phi) is 3.44. The van der Waals surface area contributed by atoms with Crippen LogP contribution in [0.5, 0.6) is 0 Å². The zero-order chi connectivity index (χ0) is 11.4. The van der Waals surface area contributed by atoms with Gasteiger partial charge in [0.05, 0.1) is 6.42 Å². The lowest BCUT2D eigenvalue weighted by molar-refractivity contribution is -0.121. The van der Waals surface area contributed by atoms with E-state index >= 15 is 0 Å². The van der Waals surface area contributed by atoms with Gasteiger partial charge in [-0.15, -0.1) is 0 Å². The molecule has 3 heteroatoms. The number of hydrogen-bond donors (Lipinski definition) is 2. The van der Waals surface area contributed by atoms with Crippen LogP contribution in [0.4, 0.5) is 5.69 Å². The van der Waals surface area contributed by atoms with E-state index in [2.05, 4.69) is 5.32 Å². The highest BCUT2D eigenvalue weighted by atomic mass is 16.1.